The number of nitrogens with one attached hydrogen (secondary N) is 2. The minimum absolute atomic E-state index is 0.157. The van der Waals surface area contributed by atoms with E-state index in [9.17, 15) is 4.79 Å². The van der Waals surface area contributed by atoms with E-state index in [4.69, 9.17) is 21.7 Å². The second kappa shape index (κ2) is 8.84. The van der Waals surface area contributed by atoms with Crippen molar-refractivity contribution in [3.8, 4) is 11.5 Å². The molecule has 35 heavy (non-hydrogen) atoms. The zero-order valence-electron chi connectivity index (χ0n) is 19.9. The standard InChI is InChI=1S/C27H26BrN3O3S/c1-15-8-13-20(16(2)14-15)29-25(32)22-23-19-6-5-7-21(33-4)24(19)34-27(22,3)31(26(35)30-23)18-11-9-17(28)10-12-18/h5-14,22-23H,1-4H3,(H,29,32)(H,30,35). The molecule has 0 aromatic heterocycles. The van der Waals surface area contributed by atoms with Gasteiger partial charge in [0.05, 0.1) is 13.2 Å². The van der Waals surface area contributed by atoms with Crippen LogP contribution in [0.1, 0.15) is 29.7 Å². The number of hydrogen-bond acceptors (Lipinski definition) is 4. The first-order valence-corrected chi connectivity index (χ1v) is 12.5. The highest BCUT2D eigenvalue weighted by atomic mass is 79.9. The largest absolute Gasteiger partial charge is 0.493 e. The second-order valence-corrected chi connectivity index (χ2v) is 10.4. The van der Waals surface area contributed by atoms with Crippen molar-refractivity contribution >= 4 is 50.5 Å². The lowest BCUT2D eigenvalue weighted by Crippen LogP contribution is -2.72. The smallest absolute Gasteiger partial charge is 0.236 e. The first-order chi connectivity index (χ1) is 16.7. The Bertz CT molecular complexity index is 1330. The number of thiocarbonyl (C=S) groups is 1. The van der Waals surface area contributed by atoms with Crippen LogP contribution in [-0.2, 0) is 4.79 Å². The van der Waals surface area contributed by atoms with Crippen molar-refractivity contribution in [2.45, 2.75) is 32.5 Å². The Hall–Kier alpha value is -3.10. The summed E-state index contributed by atoms with van der Waals surface area (Å²) in [5.74, 6) is 0.431. The van der Waals surface area contributed by atoms with E-state index in [1.165, 1.54) is 0 Å². The molecule has 1 saturated heterocycles. The van der Waals surface area contributed by atoms with Crippen molar-refractivity contribution in [3.05, 3.63) is 81.8 Å². The first kappa shape index (κ1) is 23.6. The van der Waals surface area contributed by atoms with Crippen LogP contribution in [0.2, 0.25) is 0 Å². The number of aryl methyl sites for hydroxylation is 2. The Morgan fingerprint density at radius 1 is 1.17 bits per heavy atom. The number of carbonyl (C=O) groups excluding carboxylic acids is 1. The summed E-state index contributed by atoms with van der Waals surface area (Å²) in [6.07, 6.45) is 0. The third-order valence-corrected chi connectivity index (χ3v) is 7.55. The summed E-state index contributed by atoms with van der Waals surface area (Å²) < 4.78 is 13.3. The van der Waals surface area contributed by atoms with Gasteiger partial charge in [-0.05, 0) is 75.0 Å². The average Bonchev–Trinajstić information content (AvgIpc) is 2.81. The number of carbonyl (C=O) groups is 1. The fourth-order valence-corrected chi connectivity index (χ4v) is 5.75. The number of benzene rings is 3. The van der Waals surface area contributed by atoms with E-state index in [1.807, 2.05) is 80.3 Å². The second-order valence-electron chi connectivity index (χ2n) is 9.06. The number of rotatable bonds is 4. The van der Waals surface area contributed by atoms with E-state index in [0.717, 1.165) is 32.5 Å². The van der Waals surface area contributed by atoms with Gasteiger partial charge in [-0.2, -0.15) is 0 Å². The number of anilines is 2. The zero-order valence-corrected chi connectivity index (χ0v) is 22.3. The number of hydrogen-bond donors (Lipinski definition) is 2. The van der Waals surface area contributed by atoms with Crippen LogP contribution in [0.25, 0.3) is 0 Å². The number of nitrogens with zero attached hydrogens (tertiary/aromatic N) is 1. The van der Waals surface area contributed by atoms with Crippen LogP contribution in [0.3, 0.4) is 0 Å². The van der Waals surface area contributed by atoms with E-state index in [-0.39, 0.29) is 5.91 Å². The maximum atomic E-state index is 14.0. The minimum Gasteiger partial charge on any atom is -0.493 e. The van der Waals surface area contributed by atoms with Gasteiger partial charge in [0.25, 0.3) is 0 Å². The van der Waals surface area contributed by atoms with E-state index in [0.29, 0.717) is 16.6 Å². The van der Waals surface area contributed by atoms with Crippen molar-refractivity contribution in [3.63, 3.8) is 0 Å². The summed E-state index contributed by atoms with van der Waals surface area (Å²) in [6, 6.07) is 19.1. The van der Waals surface area contributed by atoms with Gasteiger partial charge in [-0.25, -0.2) is 0 Å². The molecule has 3 unspecified atom stereocenters. The molecule has 1 amide bonds. The van der Waals surface area contributed by atoms with Crippen LogP contribution in [0.5, 0.6) is 11.5 Å². The molecule has 180 valence electrons. The molecule has 2 aliphatic rings. The van der Waals surface area contributed by atoms with Crippen LogP contribution >= 0.6 is 28.1 Å². The van der Waals surface area contributed by atoms with Crippen LogP contribution in [0, 0.1) is 19.8 Å². The number of fused-ring (bicyclic) bond motifs is 4. The number of para-hydroxylation sites is 1. The van der Waals surface area contributed by atoms with Gasteiger partial charge in [-0.3, -0.25) is 9.69 Å². The molecule has 2 N–H and O–H groups in total. The van der Waals surface area contributed by atoms with Crippen LogP contribution in [0.15, 0.2) is 65.1 Å². The molecule has 0 radical (unpaired) electrons. The van der Waals surface area contributed by atoms with Crippen molar-refractivity contribution < 1.29 is 14.3 Å². The number of ether oxygens (including phenoxy) is 2. The monoisotopic (exact) mass is 551 g/mol. The highest BCUT2D eigenvalue weighted by molar-refractivity contribution is 9.10. The topological polar surface area (TPSA) is 62.8 Å². The zero-order chi connectivity index (χ0) is 24.9. The molecule has 0 spiro atoms. The van der Waals surface area contributed by atoms with Gasteiger partial charge in [0.15, 0.2) is 22.3 Å². The minimum atomic E-state index is -1.12. The fourth-order valence-electron chi connectivity index (χ4n) is 5.07. The summed E-state index contributed by atoms with van der Waals surface area (Å²) in [4.78, 5) is 15.9. The van der Waals surface area contributed by atoms with Crippen molar-refractivity contribution in [2.75, 3.05) is 17.3 Å². The molecule has 8 heteroatoms. The Morgan fingerprint density at radius 2 is 1.91 bits per heavy atom. The van der Waals surface area contributed by atoms with Gasteiger partial charge in [-0.1, -0.05) is 45.8 Å². The van der Waals surface area contributed by atoms with E-state index >= 15 is 0 Å². The first-order valence-electron chi connectivity index (χ1n) is 11.3. The molecule has 2 bridgehead atoms. The van der Waals surface area contributed by atoms with E-state index < -0.39 is 17.7 Å². The third kappa shape index (κ3) is 3.94. The highest BCUT2D eigenvalue weighted by Crippen LogP contribution is 2.52. The molecule has 2 heterocycles. The van der Waals surface area contributed by atoms with Gasteiger partial charge >= 0.3 is 0 Å². The lowest BCUT2D eigenvalue weighted by atomic mass is 9.78. The maximum absolute atomic E-state index is 14.0. The average molecular weight is 552 g/mol. The lowest BCUT2D eigenvalue weighted by molar-refractivity contribution is -0.130. The third-order valence-electron chi connectivity index (χ3n) is 6.72. The molecule has 0 aliphatic carbocycles. The maximum Gasteiger partial charge on any atom is 0.236 e. The van der Waals surface area contributed by atoms with Crippen molar-refractivity contribution in [1.82, 2.24) is 5.32 Å². The number of amides is 1. The van der Waals surface area contributed by atoms with Crippen molar-refractivity contribution in [1.29, 1.82) is 0 Å². The Kier molecular flexibility index (Phi) is 5.97. The fraction of sp³-hybridized carbons (Fsp3) is 0.259. The summed E-state index contributed by atoms with van der Waals surface area (Å²) in [7, 11) is 1.61. The Morgan fingerprint density at radius 3 is 2.60 bits per heavy atom. The molecule has 3 aromatic carbocycles. The molecule has 3 atom stereocenters. The predicted molar refractivity (Wildman–Crippen MR) is 145 cm³/mol. The SMILES string of the molecule is COc1cccc2c1OC1(C)C(C(=O)Nc3ccc(C)cc3C)C2NC(=S)N1c1ccc(Br)cc1. The molecule has 5 rings (SSSR count). The number of halogens is 1. The van der Waals surface area contributed by atoms with E-state index in [1.54, 1.807) is 7.11 Å². The van der Waals surface area contributed by atoms with Crippen LogP contribution in [0.4, 0.5) is 11.4 Å². The van der Waals surface area contributed by atoms with Gasteiger partial charge in [-0.15, -0.1) is 0 Å². The Labute approximate surface area is 218 Å². The summed E-state index contributed by atoms with van der Waals surface area (Å²) in [6.45, 7) is 5.94. The molecule has 2 aliphatic heterocycles. The highest BCUT2D eigenvalue weighted by Gasteiger charge is 2.59. The summed E-state index contributed by atoms with van der Waals surface area (Å²) >= 11 is 9.32. The van der Waals surface area contributed by atoms with E-state index in [2.05, 4.69) is 32.6 Å². The lowest BCUT2D eigenvalue weighted by Gasteiger charge is -2.56. The van der Waals surface area contributed by atoms with Crippen LogP contribution < -0.4 is 25.0 Å². The molecule has 1 fully saturated rings. The quantitative estimate of drug-likeness (QED) is 0.395. The molecular weight excluding hydrogens is 526 g/mol. The molecular formula is C27H26BrN3O3S. The summed E-state index contributed by atoms with van der Waals surface area (Å²) in [5, 5.41) is 7.07. The van der Waals surface area contributed by atoms with Gasteiger partial charge in [0.1, 0.15) is 5.92 Å². The van der Waals surface area contributed by atoms with Gasteiger partial charge in [0, 0.05) is 21.4 Å². The van der Waals surface area contributed by atoms with Gasteiger partial charge < -0.3 is 20.1 Å². The summed E-state index contributed by atoms with van der Waals surface area (Å²) in [5.41, 5.74) is 3.44. The normalized spacial score (nSPS) is 22.5. The van der Waals surface area contributed by atoms with Gasteiger partial charge in [0.2, 0.25) is 5.91 Å². The molecule has 6 nitrogen and oxygen atoms in total. The van der Waals surface area contributed by atoms with Crippen molar-refractivity contribution in [2.24, 2.45) is 5.92 Å². The molecule has 0 saturated carbocycles. The molecule has 3 aromatic rings. The Balaban J connectivity index is 1.64. The van der Waals surface area contributed by atoms with Crippen LogP contribution in [-0.4, -0.2) is 23.9 Å². The number of methoxy groups -OCH3 is 1. The predicted octanol–water partition coefficient (Wildman–Crippen LogP) is 5.87.